The zero-order valence-corrected chi connectivity index (χ0v) is 21.8. The van der Waals surface area contributed by atoms with E-state index in [1.165, 1.54) is 24.2 Å². The van der Waals surface area contributed by atoms with Gasteiger partial charge in [0.05, 0.1) is 5.56 Å². The van der Waals surface area contributed by atoms with Crippen LogP contribution in [0, 0.1) is 5.41 Å². The Bertz CT molecular complexity index is 1310. The van der Waals surface area contributed by atoms with E-state index in [4.69, 9.17) is 11.1 Å². The number of aromatic nitrogens is 1. The van der Waals surface area contributed by atoms with Gasteiger partial charge in [-0.2, -0.15) is 0 Å². The third-order valence-electron chi connectivity index (χ3n) is 6.66. The minimum Gasteiger partial charge on any atom is -0.404 e. The summed E-state index contributed by atoms with van der Waals surface area (Å²) in [6.07, 6.45) is 5.97. The molecule has 4 rings (SSSR count). The monoisotopic (exact) mass is 510 g/mol. The first-order valence-electron chi connectivity index (χ1n) is 12.8. The predicted octanol–water partition coefficient (Wildman–Crippen LogP) is 5.12. The summed E-state index contributed by atoms with van der Waals surface area (Å²) in [5.41, 5.74) is 9.98. The number of allylic oxidation sites excluding steroid dienone is 1. The summed E-state index contributed by atoms with van der Waals surface area (Å²) in [6, 6.07) is 19.0. The lowest BCUT2D eigenvalue weighted by molar-refractivity contribution is 0.0712. The standard InChI is InChI=1S/C30H34N6O2/c1-20(2)34-28-11-10-25(19-33-28)29(37)35-27-5-3-4-24(16-27)30(38)36-14-12-23(13-15-36)21-6-8-22(9-7-21)26(17-31)18-32/h3-11,16-20,23,31H,12-15,32H2,1-2H3,(H,33,34)(H,35,37)/b26-18+,31-17?. The van der Waals surface area contributed by atoms with E-state index < -0.39 is 0 Å². The second-order valence-corrected chi connectivity index (χ2v) is 9.72. The molecule has 2 amide bonds. The molecule has 8 nitrogen and oxygen atoms in total. The fourth-order valence-corrected chi connectivity index (χ4v) is 4.62. The van der Waals surface area contributed by atoms with Crippen molar-refractivity contribution < 1.29 is 9.59 Å². The summed E-state index contributed by atoms with van der Waals surface area (Å²) < 4.78 is 0. The lowest BCUT2D eigenvalue weighted by atomic mass is 9.88. The van der Waals surface area contributed by atoms with Gasteiger partial charge in [0.15, 0.2) is 0 Å². The van der Waals surface area contributed by atoms with Gasteiger partial charge in [-0.3, -0.25) is 9.59 Å². The number of amides is 2. The van der Waals surface area contributed by atoms with Gasteiger partial charge in [-0.1, -0.05) is 30.3 Å². The Hall–Kier alpha value is -4.46. The Morgan fingerprint density at radius 1 is 1.03 bits per heavy atom. The van der Waals surface area contributed by atoms with Crippen LogP contribution in [0.1, 0.15) is 64.4 Å². The average Bonchev–Trinajstić information content (AvgIpc) is 2.94. The molecule has 0 aliphatic carbocycles. The molecule has 5 N–H and O–H groups in total. The number of carbonyl (C=O) groups excluding carboxylic acids is 2. The molecule has 1 fully saturated rings. The quantitative estimate of drug-likeness (QED) is 0.313. The summed E-state index contributed by atoms with van der Waals surface area (Å²) in [6.45, 7) is 5.38. The molecule has 0 radical (unpaired) electrons. The number of likely N-dealkylation sites (tertiary alicyclic amines) is 1. The minimum atomic E-state index is -0.278. The molecular weight excluding hydrogens is 476 g/mol. The molecule has 196 valence electrons. The molecular formula is C30H34N6O2. The summed E-state index contributed by atoms with van der Waals surface area (Å²) in [4.78, 5) is 32.1. The second-order valence-electron chi connectivity index (χ2n) is 9.72. The number of hydrogen-bond donors (Lipinski definition) is 4. The molecule has 0 saturated carbocycles. The van der Waals surface area contributed by atoms with Crippen LogP contribution in [0.25, 0.3) is 5.57 Å². The third kappa shape index (κ3) is 6.45. The molecule has 0 bridgehead atoms. The van der Waals surface area contributed by atoms with Crippen molar-refractivity contribution in [1.29, 1.82) is 5.41 Å². The average molecular weight is 511 g/mol. The molecule has 2 heterocycles. The first-order valence-corrected chi connectivity index (χ1v) is 12.8. The van der Waals surface area contributed by atoms with Crippen molar-refractivity contribution in [1.82, 2.24) is 9.88 Å². The predicted molar refractivity (Wildman–Crippen MR) is 153 cm³/mol. The molecule has 1 saturated heterocycles. The smallest absolute Gasteiger partial charge is 0.257 e. The highest BCUT2D eigenvalue weighted by Gasteiger charge is 2.25. The number of benzene rings is 2. The number of pyridine rings is 1. The Morgan fingerprint density at radius 3 is 2.34 bits per heavy atom. The maximum atomic E-state index is 13.2. The number of rotatable bonds is 8. The largest absolute Gasteiger partial charge is 0.404 e. The molecule has 0 atom stereocenters. The van der Waals surface area contributed by atoms with E-state index in [1.54, 1.807) is 36.4 Å². The molecule has 0 spiro atoms. The van der Waals surface area contributed by atoms with Crippen molar-refractivity contribution in [3.05, 3.63) is 95.3 Å². The highest BCUT2D eigenvalue weighted by atomic mass is 16.2. The van der Waals surface area contributed by atoms with Gasteiger partial charge in [0, 0.05) is 54.6 Å². The van der Waals surface area contributed by atoms with Gasteiger partial charge >= 0.3 is 0 Å². The number of nitrogens with one attached hydrogen (secondary N) is 3. The molecule has 1 aliphatic heterocycles. The van der Waals surface area contributed by atoms with E-state index >= 15 is 0 Å². The summed E-state index contributed by atoms with van der Waals surface area (Å²) in [5, 5.41) is 13.5. The van der Waals surface area contributed by atoms with Crippen LogP contribution in [0.15, 0.2) is 73.1 Å². The van der Waals surface area contributed by atoms with E-state index in [0.29, 0.717) is 47.2 Å². The fourth-order valence-electron chi connectivity index (χ4n) is 4.62. The topological polar surface area (TPSA) is 124 Å². The van der Waals surface area contributed by atoms with Crippen LogP contribution in [-0.4, -0.2) is 47.0 Å². The fraction of sp³-hybridized carbons (Fsp3) is 0.267. The molecule has 3 aromatic rings. The lowest BCUT2D eigenvalue weighted by Gasteiger charge is -2.32. The van der Waals surface area contributed by atoms with Gasteiger partial charge in [-0.05, 0) is 74.1 Å². The molecule has 38 heavy (non-hydrogen) atoms. The third-order valence-corrected chi connectivity index (χ3v) is 6.66. The number of carbonyl (C=O) groups is 2. The van der Waals surface area contributed by atoms with E-state index in [2.05, 4.69) is 27.8 Å². The van der Waals surface area contributed by atoms with Crippen LogP contribution in [0.2, 0.25) is 0 Å². The van der Waals surface area contributed by atoms with E-state index in [-0.39, 0.29) is 17.9 Å². The van der Waals surface area contributed by atoms with Crippen LogP contribution < -0.4 is 16.4 Å². The first kappa shape index (κ1) is 26.6. The Labute approximate surface area is 223 Å². The second kappa shape index (κ2) is 12.2. The van der Waals surface area contributed by atoms with Crippen molar-refractivity contribution >= 4 is 35.1 Å². The number of anilines is 2. The van der Waals surface area contributed by atoms with Crippen molar-refractivity contribution in [2.24, 2.45) is 5.73 Å². The van der Waals surface area contributed by atoms with Gasteiger partial charge in [0.1, 0.15) is 5.82 Å². The Morgan fingerprint density at radius 2 is 1.74 bits per heavy atom. The normalized spacial score (nSPS) is 14.3. The van der Waals surface area contributed by atoms with Crippen LogP contribution in [0.4, 0.5) is 11.5 Å². The highest BCUT2D eigenvalue weighted by Crippen LogP contribution is 2.30. The highest BCUT2D eigenvalue weighted by molar-refractivity contribution is 6.08. The van der Waals surface area contributed by atoms with Crippen molar-refractivity contribution in [3.8, 4) is 0 Å². The van der Waals surface area contributed by atoms with Gasteiger partial charge in [-0.25, -0.2) is 4.98 Å². The summed E-state index contributed by atoms with van der Waals surface area (Å²) in [7, 11) is 0. The number of nitrogens with two attached hydrogens (primary N) is 1. The van der Waals surface area contributed by atoms with Crippen LogP contribution in [0.5, 0.6) is 0 Å². The summed E-state index contributed by atoms with van der Waals surface area (Å²) in [5.74, 6) is 0.773. The van der Waals surface area contributed by atoms with E-state index in [0.717, 1.165) is 18.4 Å². The zero-order valence-electron chi connectivity index (χ0n) is 21.8. The minimum absolute atomic E-state index is 0.0376. The van der Waals surface area contributed by atoms with Gasteiger partial charge in [0.2, 0.25) is 0 Å². The number of nitrogens with zero attached hydrogens (tertiary/aromatic N) is 2. The van der Waals surface area contributed by atoms with Gasteiger partial charge in [-0.15, -0.1) is 0 Å². The number of hydrogen-bond acceptors (Lipinski definition) is 6. The van der Waals surface area contributed by atoms with Crippen LogP contribution >= 0.6 is 0 Å². The van der Waals surface area contributed by atoms with Crippen LogP contribution in [0.3, 0.4) is 0 Å². The summed E-state index contributed by atoms with van der Waals surface area (Å²) >= 11 is 0. The molecule has 2 aromatic carbocycles. The maximum Gasteiger partial charge on any atom is 0.257 e. The maximum absolute atomic E-state index is 13.2. The van der Waals surface area contributed by atoms with Gasteiger partial charge in [0.25, 0.3) is 11.8 Å². The van der Waals surface area contributed by atoms with Crippen LogP contribution in [-0.2, 0) is 0 Å². The lowest BCUT2D eigenvalue weighted by Crippen LogP contribution is -2.37. The number of piperidine rings is 1. The molecule has 1 aromatic heterocycles. The van der Waals surface area contributed by atoms with Gasteiger partial charge < -0.3 is 26.7 Å². The van der Waals surface area contributed by atoms with Crippen molar-refractivity contribution in [2.45, 2.75) is 38.6 Å². The van der Waals surface area contributed by atoms with Crippen molar-refractivity contribution in [3.63, 3.8) is 0 Å². The Kier molecular flexibility index (Phi) is 8.53. The van der Waals surface area contributed by atoms with E-state index in [1.807, 2.05) is 30.9 Å². The molecule has 8 heteroatoms. The molecule has 0 unspecified atom stereocenters. The Balaban J connectivity index is 1.34. The van der Waals surface area contributed by atoms with Crippen molar-refractivity contribution in [2.75, 3.05) is 23.7 Å². The first-order chi connectivity index (χ1) is 18.4. The zero-order chi connectivity index (χ0) is 27.1. The van der Waals surface area contributed by atoms with E-state index in [9.17, 15) is 9.59 Å². The SMILES string of the molecule is CC(C)Nc1ccc(C(=O)Nc2cccc(C(=O)N3CCC(c4ccc(/C(C=N)=C/N)cc4)CC3)c2)cn1. The molecule has 1 aliphatic rings.